The highest BCUT2D eigenvalue weighted by Gasteiger charge is 2.30. The van der Waals surface area contributed by atoms with E-state index in [2.05, 4.69) is 26.8 Å². The van der Waals surface area contributed by atoms with Crippen molar-refractivity contribution in [2.45, 2.75) is 25.6 Å². The molecular formula is C27H27Cl2N3O2. The Morgan fingerprint density at radius 3 is 2.44 bits per heavy atom. The largest absolute Gasteiger partial charge is 0.491 e. The van der Waals surface area contributed by atoms with Crippen molar-refractivity contribution < 1.29 is 9.84 Å². The number of hydrogen-bond donors (Lipinski definition) is 1. The summed E-state index contributed by atoms with van der Waals surface area (Å²) in [6.07, 6.45) is -0.543. The highest BCUT2D eigenvalue weighted by atomic mass is 35.5. The third-order valence-corrected chi connectivity index (χ3v) is 6.47. The number of rotatable bonds is 7. The maximum Gasteiger partial charge on any atom is 0.187 e. The first-order valence-electron chi connectivity index (χ1n) is 11.2. The van der Waals surface area contributed by atoms with E-state index in [1.54, 1.807) is 6.92 Å². The molecule has 7 heteroatoms. The summed E-state index contributed by atoms with van der Waals surface area (Å²) < 4.78 is 5.62. The molecule has 0 spiro atoms. The van der Waals surface area contributed by atoms with E-state index < -0.39 is 6.10 Å². The number of anilines is 1. The van der Waals surface area contributed by atoms with Gasteiger partial charge >= 0.3 is 0 Å². The lowest BCUT2D eigenvalue weighted by atomic mass is 10.0. The molecule has 1 N–H and O–H groups in total. The molecule has 1 heterocycles. The standard InChI is InChI=1S/C27H27Cl2N3O2/c1-19(33)18-34-24-11-12-26(25(29)15-24)32-14-13-31(16-20-3-9-23(30-2)10-4-20)17-27(32)21-5-7-22(28)8-6-21/h3-12,15,19,27,33H,13-14,16-18H2,1H3/t19-,27-/m0/s1. The number of benzene rings is 3. The summed E-state index contributed by atoms with van der Waals surface area (Å²) >= 11 is 12.9. The second-order valence-corrected chi connectivity index (χ2v) is 9.39. The Balaban J connectivity index is 1.57. The highest BCUT2D eigenvalue weighted by Crippen LogP contribution is 2.37. The first-order valence-corrected chi connectivity index (χ1v) is 12.0. The van der Waals surface area contributed by atoms with Gasteiger partial charge in [0.1, 0.15) is 12.4 Å². The number of halogens is 2. The number of aliphatic hydroxyl groups excluding tert-OH is 1. The van der Waals surface area contributed by atoms with Crippen LogP contribution in [-0.4, -0.2) is 42.4 Å². The highest BCUT2D eigenvalue weighted by molar-refractivity contribution is 6.33. The first-order chi connectivity index (χ1) is 16.4. The van der Waals surface area contributed by atoms with Gasteiger partial charge in [-0.05, 0) is 42.3 Å². The van der Waals surface area contributed by atoms with E-state index in [1.807, 2.05) is 54.6 Å². The van der Waals surface area contributed by atoms with Crippen LogP contribution in [0.25, 0.3) is 4.85 Å². The maximum atomic E-state index is 9.49. The van der Waals surface area contributed by atoms with Gasteiger partial charge in [-0.1, -0.05) is 59.6 Å². The van der Waals surface area contributed by atoms with Gasteiger partial charge in [-0.15, -0.1) is 0 Å². The monoisotopic (exact) mass is 495 g/mol. The van der Waals surface area contributed by atoms with Gasteiger partial charge < -0.3 is 14.7 Å². The Morgan fingerprint density at radius 1 is 1.06 bits per heavy atom. The Labute approximate surface area is 210 Å². The summed E-state index contributed by atoms with van der Waals surface area (Å²) in [5.41, 5.74) is 3.96. The molecule has 0 saturated carbocycles. The van der Waals surface area contributed by atoms with Crippen LogP contribution in [0.15, 0.2) is 66.7 Å². The molecule has 3 aromatic rings. The van der Waals surface area contributed by atoms with E-state index >= 15 is 0 Å². The molecule has 4 rings (SSSR count). The van der Waals surface area contributed by atoms with Gasteiger partial charge in [0, 0.05) is 37.3 Å². The summed E-state index contributed by atoms with van der Waals surface area (Å²) in [6, 6.07) is 21.6. The van der Waals surface area contributed by atoms with Crippen molar-refractivity contribution in [3.63, 3.8) is 0 Å². The van der Waals surface area contributed by atoms with E-state index in [-0.39, 0.29) is 12.6 Å². The normalized spacial score (nSPS) is 17.3. The average Bonchev–Trinajstić information content (AvgIpc) is 2.84. The van der Waals surface area contributed by atoms with Crippen molar-refractivity contribution >= 4 is 34.6 Å². The number of piperazine rings is 1. The molecule has 0 unspecified atom stereocenters. The second-order valence-electron chi connectivity index (χ2n) is 8.55. The molecular weight excluding hydrogens is 469 g/mol. The number of aliphatic hydroxyl groups is 1. The molecule has 0 radical (unpaired) electrons. The molecule has 0 aliphatic carbocycles. The van der Waals surface area contributed by atoms with Gasteiger partial charge in [0.2, 0.25) is 0 Å². The Hall–Kier alpha value is -2.75. The van der Waals surface area contributed by atoms with Crippen molar-refractivity contribution in [1.29, 1.82) is 0 Å². The third-order valence-electron chi connectivity index (χ3n) is 5.91. The summed E-state index contributed by atoms with van der Waals surface area (Å²) in [4.78, 5) is 8.24. The minimum Gasteiger partial charge on any atom is -0.491 e. The smallest absolute Gasteiger partial charge is 0.187 e. The van der Waals surface area contributed by atoms with Crippen molar-refractivity contribution in [3.05, 3.63) is 99.3 Å². The van der Waals surface area contributed by atoms with E-state index in [1.165, 1.54) is 11.1 Å². The van der Waals surface area contributed by atoms with E-state index in [0.717, 1.165) is 31.9 Å². The third kappa shape index (κ3) is 6.02. The molecule has 0 aromatic heterocycles. The SMILES string of the molecule is [C-]#[N+]c1ccc(CN2CCN(c3ccc(OC[C@H](C)O)cc3Cl)[C@H](c3ccc(Cl)cc3)C2)cc1. The van der Waals surface area contributed by atoms with Crippen LogP contribution in [0.3, 0.4) is 0 Å². The predicted molar refractivity (Wildman–Crippen MR) is 138 cm³/mol. The zero-order chi connectivity index (χ0) is 24.1. The van der Waals surface area contributed by atoms with Gasteiger partial charge in [0.15, 0.2) is 5.69 Å². The van der Waals surface area contributed by atoms with Crippen molar-refractivity contribution in [2.75, 3.05) is 31.1 Å². The fraction of sp³-hybridized carbons (Fsp3) is 0.296. The lowest BCUT2D eigenvalue weighted by Crippen LogP contribution is -2.48. The molecule has 34 heavy (non-hydrogen) atoms. The van der Waals surface area contributed by atoms with E-state index in [0.29, 0.717) is 21.5 Å². The molecule has 1 aliphatic heterocycles. The lowest BCUT2D eigenvalue weighted by molar-refractivity contribution is 0.123. The van der Waals surface area contributed by atoms with Crippen LogP contribution < -0.4 is 9.64 Å². The Morgan fingerprint density at radius 2 is 1.79 bits per heavy atom. The lowest BCUT2D eigenvalue weighted by Gasteiger charge is -2.43. The Bertz CT molecular complexity index is 1140. The fourth-order valence-electron chi connectivity index (χ4n) is 4.20. The van der Waals surface area contributed by atoms with Crippen LogP contribution in [0.2, 0.25) is 10.0 Å². The number of hydrogen-bond acceptors (Lipinski definition) is 4. The molecule has 0 bridgehead atoms. The minimum atomic E-state index is -0.543. The fourth-order valence-corrected chi connectivity index (χ4v) is 4.61. The van der Waals surface area contributed by atoms with Crippen LogP contribution in [-0.2, 0) is 6.54 Å². The van der Waals surface area contributed by atoms with Crippen LogP contribution in [0, 0.1) is 6.57 Å². The van der Waals surface area contributed by atoms with E-state index in [4.69, 9.17) is 34.5 Å². The molecule has 2 atom stereocenters. The Kier molecular flexibility index (Phi) is 7.97. The van der Waals surface area contributed by atoms with Crippen LogP contribution >= 0.6 is 23.2 Å². The summed E-state index contributed by atoms with van der Waals surface area (Å²) in [5.74, 6) is 0.638. The van der Waals surface area contributed by atoms with Gasteiger partial charge in [-0.2, -0.15) is 0 Å². The molecule has 1 aliphatic rings. The second kappa shape index (κ2) is 11.1. The van der Waals surface area contributed by atoms with Crippen LogP contribution in [0.1, 0.15) is 24.1 Å². The zero-order valence-corrected chi connectivity index (χ0v) is 20.5. The maximum absolute atomic E-state index is 9.49. The van der Waals surface area contributed by atoms with Gasteiger partial charge in [0.05, 0.1) is 29.4 Å². The molecule has 3 aromatic carbocycles. The average molecular weight is 496 g/mol. The summed E-state index contributed by atoms with van der Waals surface area (Å²) in [6.45, 7) is 12.4. The first kappa shape index (κ1) is 24.4. The van der Waals surface area contributed by atoms with Crippen LogP contribution in [0.5, 0.6) is 5.75 Å². The molecule has 176 valence electrons. The number of ether oxygens (including phenoxy) is 1. The predicted octanol–water partition coefficient (Wildman–Crippen LogP) is 6.37. The zero-order valence-electron chi connectivity index (χ0n) is 19.0. The summed E-state index contributed by atoms with van der Waals surface area (Å²) in [5, 5.41) is 10.8. The molecule has 5 nitrogen and oxygen atoms in total. The van der Waals surface area contributed by atoms with Crippen molar-refractivity contribution in [2.24, 2.45) is 0 Å². The summed E-state index contributed by atoms with van der Waals surface area (Å²) in [7, 11) is 0. The van der Waals surface area contributed by atoms with E-state index in [9.17, 15) is 5.11 Å². The van der Waals surface area contributed by atoms with Gasteiger partial charge in [-0.3, -0.25) is 4.90 Å². The topological polar surface area (TPSA) is 40.3 Å². The molecule has 1 fully saturated rings. The van der Waals surface area contributed by atoms with Crippen LogP contribution in [0.4, 0.5) is 11.4 Å². The van der Waals surface area contributed by atoms with Gasteiger partial charge in [0.25, 0.3) is 0 Å². The van der Waals surface area contributed by atoms with Crippen molar-refractivity contribution in [3.8, 4) is 5.75 Å². The minimum absolute atomic E-state index is 0.0928. The van der Waals surface area contributed by atoms with Crippen molar-refractivity contribution in [1.82, 2.24) is 4.90 Å². The number of nitrogens with zero attached hydrogens (tertiary/aromatic N) is 3. The quantitative estimate of drug-likeness (QED) is 0.386. The molecule has 1 saturated heterocycles. The van der Waals surface area contributed by atoms with Gasteiger partial charge in [-0.25, -0.2) is 4.85 Å². The molecule has 0 amide bonds.